The second kappa shape index (κ2) is 6.84. The SMILES string of the molecule is COCC(O)CCNc1ccnc2c(Br)cccc12. The lowest BCUT2D eigenvalue weighted by atomic mass is 10.2. The molecular weight excluding hydrogens is 308 g/mol. The Morgan fingerprint density at radius 1 is 1.42 bits per heavy atom. The molecule has 0 bridgehead atoms. The molecule has 0 aliphatic rings. The van der Waals surface area contributed by atoms with Crippen LogP contribution in [0.3, 0.4) is 0 Å². The summed E-state index contributed by atoms with van der Waals surface area (Å²) in [4.78, 5) is 4.36. The maximum Gasteiger partial charge on any atom is 0.0864 e. The van der Waals surface area contributed by atoms with Crippen LogP contribution in [0.25, 0.3) is 10.9 Å². The lowest BCUT2D eigenvalue weighted by Crippen LogP contribution is -2.18. The number of aromatic nitrogens is 1. The van der Waals surface area contributed by atoms with E-state index in [0.29, 0.717) is 19.6 Å². The largest absolute Gasteiger partial charge is 0.391 e. The fourth-order valence-corrected chi connectivity index (χ4v) is 2.41. The second-order valence-electron chi connectivity index (χ2n) is 4.32. The molecule has 2 aromatic rings. The number of hydrogen-bond donors (Lipinski definition) is 2. The van der Waals surface area contributed by atoms with Gasteiger partial charge in [0, 0.05) is 35.4 Å². The van der Waals surface area contributed by atoms with Gasteiger partial charge in [-0.15, -0.1) is 0 Å². The van der Waals surface area contributed by atoms with Crippen LogP contribution in [0.4, 0.5) is 5.69 Å². The van der Waals surface area contributed by atoms with Gasteiger partial charge in [0.05, 0.1) is 18.2 Å². The van der Waals surface area contributed by atoms with Crippen LogP contribution in [0.1, 0.15) is 6.42 Å². The number of nitrogens with zero attached hydrogens (tertiary/aromatic N) is 1. The number of fused-ring (bicyclic) bond motifs is 1. The molecule has 4 nitrogen and oxygen atoms in total. The average Bonchev–Trinajstić information content (AvgIpc) is 2.40. The monoisotopic (exact) mass is 324 g/mol. The standard InChI is InChI=1S/C14H17BrN2O2/c1-19-9-10(18)5-7-16-13-6-8-17-14-11(13)3-2-4-12(14)15/h2-4,6,8,10,18H,5,7,9H2,1H3,(H,16,17). The molecule has 1 unspecified atom stereocenters. The minimum atomic E-state index is -0.433. The van der Waals surface area contributed by atoms with Crippen molar-refractivity contribution in [2.75, 3.05) is 25.6 Å². The molecule has 0 saturated heterocycles. The van der Waals surface area contributed by atoms with Gasteiger partial charge in [0.1, 0.15) is 0 Å². The number of rotatable bonds is 6. The van der Waals surface area contributed by atoms with Gasteiger partial charge in [-0.3, -0.25) is 4.98 Å². The van der Waals surface area contributed by atoms with Crippen molar-refractivity contribution in [2.24, 2.45) is 0 Å². The number of pyridine rings is 1. The fourth-order valence-electron chi connectivity index (χ4n) is 1.94. The quantitative estimate of drug-likeness (QED) is 0.857. The summed E-state index contributed by atoms with van der Waals surface area (Å²) in [5.74, 6) is 0. The molecule has 1 aromatic carbocycles. The third-order valence-corrected chi connectivity index (χ3v) is 3.51. The zero-order valence-corrected chi connectivity index (χ0v) is 12.4. The van der Waals surface area contributed by atoms with Gasteiger partial charge in [0.2, 0.25) is 0 Å². The van der Waals surface area contributed by atoms with E-state index in [-0.39, 0.29) is 0 Å². The number of ether oxygens (including phenoxy) is 1. The van der Waals surface area contributed by atoms with Crippen LogP contribution >= 0.6 is 15.9 Å². The lowest BCUT2D eigenvalue weighted by Gasteiger charge is -2.12. The highest BCUT2D eigenvalue weighted by Gasteiger charge is 2.06. The number of benzene rings is 1. The molecule has 0 saturated carbocycles. The van der Waals surface area contributed by atoms with E-state index in [0.717, 1.165) is 21.1 Å². The van der Waals surface area contributed by atoms with E-state index in [2.05, 4.69) is 26.2 Å². The Morgan fingerprint density at radius 2 is 2.26 bits per heavy atom. The number of halogens is 1. The summed E-state index contributed by atoms with van der Waals surface area (Å²) in [5.41, 5.74) is 1.96. The van der Waals surface area contributed by atoms with Crippen molar-refractivity contribution in [3.63, 3.8) is 0 Å². The molecule has 5 heteroatoms. The molecule has 102 valence electrons. The van der Waals surface area contributed by atoms with E-state index in [1.54, 1.807) is 13.3 Å². The van der Waals surface area contributed by atoms with Crippen molar-refractivity contribution >= 4 is 32.5 Å². The molecule has 0 spiro atoms. The van der Waals surface area contributed by atoms with E-state index >= 15 is 0 Å². The smallest absolute Gasteiger partial charge is 0.0864 e. The van der Waals surface area contributed by atoms with Gasteiger partial charge in [0.25, 0.3) is 0 Å². The van der Waals surface area contributed by atoms with Gasteiger partial charge in [-0.25, -0.2) is 0 Å². The Bertz CT molecular complexity index is 548. The summed E-state index contributed by atoms with van der Waals surface area (Å²) >= 11 is 3.50. The second-order valence-corrected chi connectivity index (χ2v) is 5.17. The summed E-state index contributed by atoms with van der Waals surface area (Å²) < 4.78 is 5.88. The van der Waals surface area contributed by atoms with Gasteiger partial charge in [-0.1, -0.05) is 12.1 Å². The molecule has 0 aliphatic carbocycles. The first-order valence-corrected chi connectivity index (χ1v) is 6.95. The number of aliphatic hydroxyl groups is 1. The lowest BCUT2D eigenvalue weighted by molar-refractivity contribution is 0.0615. The molecule has 0 fully saturated rings. The summed E-state index contributed by atoms with van der Waals surface area (Å²) in [5, 5.41) is 14.0. The Labute approximate surface area is 120 Å². The van der Waals surface area contributed by atoms with Crippen LogP contribution in [-0.4, -0.2) is 36.5 Å². The van der Waals surface area contributed by atoms with Gasteiger partial charge in [-0.05, 0) is 34.5 Å². The van der Waals surface area contributed by atoms with Gasteiger partial charge >= 0.3 is 0 Å². The predicted octanol–water partition coefficient (Wildman–Crippen LogP) is 2.81. The molecule has 19 heavy (non-hydrogen) atoms. The van der Waals surface area contributed by atoms with Crippen molar-refractivity contribution in [3.05, 3.63) is 34.9 Å². The number of para-hydroxylation sites is 1. The number of nitrogens with one attached hydrogen (secondary N) is 1. The maximum atomic E-state index is 9.60. The van der Waals surface area contributed by atoms with Crippen LogP contribution in [0.2, 0.25) is 0 Å². The van der Waals surface area contributed by atoms with Crippen LogP contribution in [-0.2, 0) is 4.74 Å². The topological polar surface area (TPSA) is 54.4 Å². The summed E-state index contributed by atoms with van der Waals surface area (Å²) in [6.07, 6.45) is 1.99. The maximum absolute atomic E-state index is 9.60. The van der Waals surface area contributed by atoms with E-state index in [9.17, 15) is 5.11 Å². The first kappa shape index (κ1) is 14.2. The van der Waals surface area contributed by atoms with Crippen LogP contribution in [0, 0.1) is 0 Å². The molecular formula is C14H17BrN2O2. The third kappa shape index (κ3) is 3.65. The first-order valence-electron chi connectivity index (χ1n) is 6.16. The summed E-state index contributed by atoms with van der Waals surface area (Å²) in [6, 6.07) is 7.93. The van der Waals surface area contributed by atoms with Crippen LogP contribution < -0.4 is 5.32 Å². The number of aliphatic hydroxyl groups excluding tert-OH is 1. The van der Waals surface area contributed by atoms with Crippen LogP contribution in [0.15, 0.2) is 34.9 Å². The Kier molecular flexibility index (Phi) is 5.13. The fraction of sp³-hybridized carbons (Fsp3) is 0.357. The first-order chi connectivity index (χ1) is 9.22. The van der Waals surface area contributed by atoms with Gasteiger partial charge in [-0.2, -0.15) is 0 Å². The van der Waals surface area contributed by atoms with Gasteiger partial charge in [0.15, 0.2) is 0 Å². The third-order valence-electron chi connectivity index (χ3n) is 2.87. The average molecular weight is 325 g/mol. The number of methoxy groups -OCH3 is 1. The molecule has 1 aromatic heterocycles. The molecule has 0 amide bonds. The molecule has 0 radical (unpaired) electrons. The van der Waals surface area contributed by atoms with E-state index in [1.807, 2.05) is 24.3 Å². The van der Waals surface area contributed by atoms with E-state index in [4.69, 9.17) is 4.74 Å². The number of anilines is 1. The molecule has 2 N–H and O–H groups in total. The van der Waals surface area contributed by atoms with Crippen molar-refractivity contribution in [1.29, 1.82) is 0 Å². The highest BCUT2D eigenvalue weighted by atomic mass is 79.9. The van der Waals surface area contributed by atoms with Crippen molar-refractivity contribution in [3.8, 4) is 0 Å². The van der Waals surface area contributed by atoms with E-state index in [1.165, 1.54) is 0 Å². The Morgan fingerprint density at radius 3 is 3.05 bits per heavy atom. The molecule has 1 atom stereocenters. The summed E-state index contributed by atoms with van der Waals surface area (Å²) in [6.45, 7) is 1.06. The minimum absolute atomic E-state index is 0.365. The highest BCUT2D eigenvalue weighted by molar-refractivity contribution is 9.10. The van der Waals surface area contributed by atoms with E-state index < -0.39 is 6.10 Å². The minimum Gasteiger partial charge on any atom is -0.391 e. The summed E-state index contributed by atoms with van der Waals surface area (Å²) in [7, 11) is 1.59. The zero-order chi connectivity index (χ0) is 13.7. The van der Waals surface area contributed by atoms with Gasteiger partial charge < -0.3 is 15.2 Å². The van der Waals surface area contributed by atoms with Crippen molar-refractivity contribution in [1.82, 2.24) is 4.98 Å². The van der Waals surface area contributed by atoms with Crippen molar-refractivity contribution in [2.45, 2.75) is 12.5 Å². The molecule has 0 aliphatic heterocycles. The highest BCUT2D eigenvalue weighted by Crippen LogP contribution is 2.27. The molecule has 1 heterocycles. The Hall–Kier alpha value is -1.17. The molecule has 2 rings (SSSR count). The van der Waals surface area contributed by atoms with Crippen molar-refractivity contribution < 1.29 is 9.84 Å². The predicted molar refractivity (Wildman–Crippen MR) is 80.4 cm³/mol. The normalized spacial score (nSPS) is 12.6. The zero-order valence-electron chi connectivity index (χ0n) is 10.8. The number of hydrogen-bond acceptors (Lipinski definition) is 4. The van der Waals surface area contributed by atoms with Crippen LogP contribution in [0.5, 0.6) is 0 Å². The Balaban J connectivity index is 2.07.